The monoisotopic (exact) mass is 200 g/mol. The van der Waals surface area contributed by atoms with Crippen LogP contribution in [0, 0.1) is 12.3 Å². The average molecular weight is 200 g/mol. The van der Waals surface area contributed by atoms with Crippen molar-refractivity contribution in [2.24, 2.45) is 0 Å². The first-order valence-electron chi connectivity index (χ1n) is 5.54. The second-order valence-corrected chi connectivity index (χ2v) is 4.14. The Bertz CT molecular complexity index is 387. The molecule has 1 aliphatic rings. The lowest BCUT2D eigenvalue weighted by Gasteiger charge is -2.10. The second kappa shape index (κ2) is 4.51. The second-order valence-electron chi connectivity index (χ2n) is 4.14. The molecule has 1 N–H and O–H groups in total. The number of rotatable bonds is 3. The van der Waals surface area contributed by atoms with Gasteiger partial charge < -0.3 is 5.11 Å². The predicted octanol–water partition coefficient (Wildman–Crippen LogP) is 2.62. The molecule has 1 nitrogen and oxygen atoms in total. The van der Waals surface area contributed by atoms with E-state index in [2.05, 4.69) is 18.1 Å². The van der Waals surface area contributed by atoms with Gasteiger partial charge in [0.2, 0.25) is 0 Å². The van der Waals surface area contributed by atoms with Crippen molar-refractivity contribution in [1.82, 2.24) is 0 Å². The van der Waals surface area contributed by atoms with Gasteiger partial charge in [-0.2, -0.15) is 0 Å². The summed E-state index contributed by atoms with van der Waals surface area (Å²) in [6.07, 6.45) is 9.68. The van der Waals surface area contributed by atoms with Gasteiger partial charge >= 0.3 is 0 Å². The Balaban J connectivity index is 2.12. The highest BCUT2D eigenvalue weighted by atomic mass is 16.3. The van der Waals surface area contributed by atoms with E-state index in [1.54, 1.807) is 0 Å². The van der Waals surface area contributed by atoms with Crippen molar-refractivity contribution in [3.05, 3.63) is 34.9 Å². The number of hydrogen-bond acceptors (Lipinski definition) is 1. The Morgan fingerprint density at radius 3 is 2.93 bits per heavy atom. The summed E-state index contributed by atoms with van der Waals surface area (Å²) in [5, 5.41) is 9.89. The molecule has 0 saturated heterocycles. The van der Waals surface area contributed by atoms with Crippen LogP contribution in [0.5, 0.6) is 0 Å². The van der Waals surface area contributed by atoms with Crippen LogP contribution in [0.2, 0.25) is 0 Å². The van der Waals surface area contributed by atoms with Crippen molar-refractivity contribution < 1.29 is 5.11 Å². The molecule has 0 aliphatic heterocycles. The Morgan fingerprint density at radius 2 is 2.13 bits per heavy atom. The summed E-state index contributed by atoms with van der Waals surface area (Å²) in [4.78, 5) is 0. The number of terminal acetylenes is 1. The van der Waals surface area contributed by atoms with Crippen LogP contribution in [0.15, 0.2) is 18.2 Å². The van der Waals surface area contributed by atoms with E-state index in [0.29, 0.717) is 12.8 Å². The van der Waals surface area contributed by atoms with Gasteiger partial charge in [0.05, 0.1) is 6.10 Å². The molecule has 0 bridgehead atoms. The van der Waals surface area contributed by atoms with E-state index in [0.717, 1.165) is 12.0 Å². The van der Waals surface area contributed by atoms with Gasteiger partial charge in [0.25, 0.3) is 0 Å². The summed E-state index contributed by atoms with van der Waals surface area (Å²) in [5.74, 6) is 2.56. The normalized spacial score (nSPS) is 15.7. The van der Waals surface area contributed by atoms with Crippen LogP contribution < -0.4 is 0 Å². The van der Waals surface area contributed by atoms with Crippen molar-refractivity contribution in [2.75, 3.05) is 0 Å². The largest absolute Gasteiger partial charge is 0.388 e. The van der Waals surface area contributed by atoms with Crippen molar-refractivity contribution in [3.63, 3.8) is 0 Å². The van der Waals surface area contributed by atoms with E-state index in [-0.39, 0.29) is 0 Å². The zero-order valence-electron chi connectivity index (χ0n) is 8.87. The van der Waals surface area contributed by atoms with Crippen LogP contribution in [0.4, 0.5) is 0 Å². The predicted molar refractivity (Wildman–Crippen MR) is 61.5 cm³/mol. The summed E-state index contributed by atoms with van der Waals surface area (Å²) in [7, 11) is 0. The highest BCUT2D eigenvalue weighted by Gasteiger charge is 2.13. The summed E-state index contributed by atoms with van der Waals surface area (Å²) >= 11 is 0. The molecular weight excluding hydrogens is 184 g/mol. The number of aryl methyl sites for hydroxylation is 2. The molecule has 1 aromatic rings. The lowest BCUT2D eigenvalue weighted by Crippen LogP contribution is -1.98. The van der Waals surface area contributed by atoms with Gasteiger partial charge in [-0.05, 0) is 42.4 Å². The third-order valence-corrected chi connectivity index (χ3v) is 3.07. The standard InChI is InChI=1S/C14H16O/c1-2-3-7-14(15)13-9-8-11-5-4-6-12(11)10-13/h1,8-10,14-15H,3-7H2. The summed E-state index contributed by atoms with van der Waals surface area (Å²) in [5.41, 5.74) is 3.88. The van der Waals surface area contributed by atoms with E-state index in [1.807, 2.05) is 6.07 Å². The van der Waals surface area contributed by atoms with Crippen LogP contribution in [-0.2, 0) is 12.8 Å². The molecule has 0 saturated carbocycles. The molecule has 0 aromatic heterocycles. The number of aliphatic hydroxyl groups is 1. The zero-order chi connectivity index (χ0) is 10.7. The Labute approximate surface area is 91.1 Å². The molecule has 0 radical (unpaired) electrons. The van der Waals surface area contributed by atoms with Crippen LogP contribution >= 0.6 is 0 Å². The van der Waals surface area contributed by atoms with Gasteiger partial charge in [-0.25, -0.2) is 0 Å². The molecule has 1 unspecified atom stereocenters. The van der Waals surface area contributed by atoms with E-state index < -0.39 is 6.10 Å². The fraction of sp³-hybridized carbons (Fsp3) is 0.429. The molecule has 78 valence electrons. The maximum atomic E-state index is 9.89. The Kier molecular flexibility index (Phi) is 3.08. The van der Waals surface area contributed by atoms with Crippen LogP contribution in [0.3, 0.4) is 0 Å². The highest BCUT2D eigenvalue weighted by molar-refractivity contribution is 5.36. The van der Waals surface area contributed by atoms with Gasteiger partial charge in [-0.15, -0.1) is 12.3 Å². The molecule has 15 heavy (non-hydrogen) atoms. The Hall–Kier alpha value is -1.26. The summed E-state index contributed by atoms with van der Waals surface area (Å²) < 4.78 is 0. The van der Waals surface area contributed by atoms with Crippen LogP contribution in [-0.4, -0.2) is 5.11 Å². The quantitative estimate of drug-likeness (QED) is 0.744. The third-order valence-electron chi connectivity index (χ3n) is 3.07. The minimum Gasteiger partial charge on any atom is -0.388 e. The van der Waals surface area contributed by atoms with E-state index in [1.165, 1.54) is 24.0 Å². The van der Waals surface area contributed by atoms with Gasteiger partial charge in [0.15, 0.2) is 0 Å². The lowest BCUT2D eigenvalue weighted by atomic mass is 10.0. The lowest BCUT2D eigenvalue weighted by molar-refractivity contribution is 0.169. The molecule has 1 aromatic carbocycles. The zero-order valence-corrected chi connectivity index (χ0v) is 8.87. The van der Waals surface area contributed by atoms with Crippen LogP contribution in [0.25, 0.3) is 0 Å². The van der Waals surface area contributed by atoms with Crippen molar-refractivity contribution in [1.29, 1.82) is 0 Å². The van der Waals surface area contributed by atoms with Gasteiger partial charge in [0, 0.05) is 6.42 Å². The maximum Gasteiger partial charge on any atom is 0.0799 e. The molecule has 2 rings (SSSR count). The molecular formula is C14H16O. The van der Waals surface area contributed by atoms with Crippen molar-refractivity contribution in [2.45, 2.75) is 38.2 Å². The molecule has 0 heterocycles. The Morgan fingerprint density at radius 1 is 1.33 bits per heavy atom. The first kappa shape index (κ1) is 10.3. The number of hydrogen-bond donors (Lipinski definition) is 1. The average Bonchev–Trinajstić information content (AvgIpc) is 2.72. The molecule has 0 spiro atoms. The maximum absolute atomic E-state index is 9.89. The molecule has 1 heteroatoms. The first-order chi connectivity index (χ1) is 7.31. The number of benzene rings is 1. The van der Waals surface area contributed by atoms with E-state index >= 15 is 0 Å². The SMILES string of the molecule is C#CCCC(O)c1ccc2c(c1)CCC2. The molecule has 0 amide bonds. The first-order valence-corrected chi connectivity index (χ1v) is 5.54. The summed E-state index contributed by atoms with van der Waals surface area (Å²) in [6.45, 7) is 0. The summed E-state index contributed by atoms with van der Waals surface area (Å²) in [6, 6.07) is 6.33. The van der Waals surface area contributed by atoms with Gasteiger partial charge in [-0.3, -0.25) is 0 Å². The van der Waals surface area contributed by atoms with E-state index in [4.69, 9.17) is 6.42 Å². The molecule has 1 aliphatic carbocycles. The van der Waals surface area contributed by atoms with Crippen LogP contribution in [0.1, 0.15) is 42.1 Å². The van der Waals surface area contributed by atoms with Crippen molar-refractivity contribution >= 4 is 0 Å². The van der Waals surface area contributed by atoms with Gasteiger partial charge in [-0.1, -0.05) is 18.2 Å². The topological polar surface area (TPSA) is 20.2 Å². The van der Waals surface area contributed by atoms with E-state index in [9.17, 15) is 5.11 Å². The fourth-order valence-electron chi connectivity index (χ4n) is 2.19. The smallest absolute Gasteiger partial charge is 0.0799 e. The highest BCUT2D eigenvalue weighted by Crippen LogP contribution is 2.26. The third kappa shape index (κ3) is 2.22. The minimum atomic E-state index is -0.396. The minimum absolute atomic E-state index is 0.396. The molecule has 0 fully saturated rings. The molecule has 1 atom stereocenters. The number of aliphatic hydroxyl groups excluding tert-OH is 1. The number of fused-ring (bicyclic) bond motifs is 1. The van der Waals surface area contributed by atoms with Gasteiger partial charge in [0.1, 0.15) is 0 Å². The fourth-order valence-corrected chi connectivity index (χ4v) is 2.19. The van der Waals surface area contributed by atoms with Crippen molar-refractivity contribution in [3.8, 4) is 12.3 Å².